The molecule has 24 heavy (non-hydrogen) atoms. The van der Waals surface area contributed by atoms with E-state index in [2.05, 4.69) is 12.6 Å². The average Bonchev–Trinajstić information content (AvgIpc) is 2.22. The Morgan fingerprint density at radius 3 is 1.08 bits per heavy atom. The molecule has 5 heteroatoms. The number of methoxy groups -OCH3 is 1. The van der Waals surface area contributed by atoms with Crippen LogP contribution in [0.1, 0.15) is 83.1 Å². The molecule has 4 nitrogen and oxygen atoms in total. The normalized spacial score (nSPS) is 15.8. The van der Waals surface area contributed by atoms with E-state index in [1.165, 1.54) is 0 Å². The Morgan fingerprint density at radius 1 is 0.500 bits per heavy atom. The molecule has 0 aliphatic rings. The van der Waals surface area contributed by atoms with Crippen molar-refractivity contribution >= 4 is 12.6 Å². The minimum atomic E-state index is -0.701. The average molecular weight is 365 g/mol. The predicted molar refractivity (Wildman–Crippen MR) is 104 cm³/mol. The summed E-state index contributed by atoms with van der Waals surface area (Å²) in [6, 6.07) is 0. The molecule has 0 saturated carbocycles. The zero-order valence-electron chi connectivity index (χ0n) is 18.1. The van der Waals surface area contributed by atoms with Crippen LogP contribution in [0.4, 0.5) is 0 Å². The minimum absolute atomic E-state index is 0.553. The van der Waals surface area contributed by atoms with Gasteiger partial charge in [0, 0.05) is 7.11 Å². The van der Waals surface area contributed by atoms with Crippen molar-refractivity contribution in [3.05, 3.63) is 0 Å². The fourth-order valence-corrected chi connectivity index (χ4v) is 2.64. The number of rotatable bonds is 9. The van der Waals surface area contributed by atoms with Gasteiger partial charge in [0.1, 0.15) is 4.93 Å². The third-order valence-corrected chi connectivity index (χ3v) is 5.00. The lowest BCUT2D eigenvalue weighted by molar-refractivity contribution is -0.324. The smallest absolute Gasteiger partial charge is 0.163 e. The molecule has 0 bridgehead atoms. The van der Waals surface area contributed by atoms with Crippen molar-refractivity contribution < 1.29 is 18.9 Å². The fourth-order valence-electron chi connectivity index (χ4n) is 2.41. The van der Waals surface area contributed by atoms with Crippen LogP contribution < -0.4 is 0 Å². The summed E-state index contributed by atoms with van der Waals surface area (Å²) in [6.07, 6.45) is 0. The van der Waals surface area contributed by atoms with E-state index in [1.54, 1.807) is 7.11 Å². The minimum Gasteiger partial charge on any atom is -0.364 e. The lowest BCUT2D eigenvalue weighted by atomic mass is 9.83. The monoisotopic (exact) mass is 364 g/mol. The summed E-state index contributed by atoms with van der Waals surface area (Å²) >= 11 is 4.50. The van der Waals surface area contributed by atoms with Gasteiger partial charge >= 0.3 is 0 Å². The maximum Gasteiger partial charge on any atom is 0.163 e. The largest absolute Gasteiger partial charge is 0.364 e. The topological polar surface area (TPSA) is 36.9 Å². The van der Waals surface area contributed by atoms with Gasteiger partial charge in [0.2, 0.25) is 0 Å². The maximum absolute atomic E-state index is 6.55. The Balaban J connectivity index is 5.45. The molecule has 0 rings (SSSR count). The number of hydrogen-bond donors (Lipinski definition) is 1. The van der Waals surface area contributed by atoms with E-state index in [-0.39, 0.29) is 0 Å². The van der Waals surface area contributed by atoms with Crippen molar-refractivity contribution in [3.63, 3.8) is 0 Å². The van der Waals surface area contributed by atoms with Gasteiger partial charge in [0.15, 0.2) is 5.79 Å². The molecule has 0 aliphatic heterocycles. The quantitative estimate of drug-likeness (QED) is 0.451. The number of hydrogen-bond acceptors (Lipinski definition) is 5. The molecular weight excluding hydrogens is 324 g/mol. The van der Waals surface area contributed by atoms with Gasteiger partial charge in [-0.05, 0) is 83.1 Å². The van der Waals surface area contributed by atoms with Gasteiger partial charge in [0.25, 0.3) is 0 Å². The first kappa shape index (κ1) is 24.2. The second-order valence-electron chi connectivity index (χ2n) is 9.40. The van der Waals surface area contributed by atoms with Crippen LogP contribution in [0.3, 0.4) is 0 Å². The number of ether oxygens (including phenoxy) is 4. The predicted octanol–water partition coefficient (Wildman–Crippen LogP) is 5.20. The van der Waals surface area contributed by atoms with Crippen molar-refractivity contribution in [2.75, 3.05) is 7.11 Å². The zero-order chi connectivity index (χ0) is 19.8. The van der Waals surface area contributed by atoms with Crippen LogP contribution in [-0.4, -0.2) is 40.2 Å². The van der Waals surface area contributed by atoms with E-state index < -0.39 is 33.1 Å². The second kappa shape index (κ2) is 7.07. The van der Waals surface area contributed by atoms with Gasteiger partial charge in [-0.15, -0.1) is 12.6 Å². The molecule has 0 N–H and O–H groups in total. The van der Waals surface area contributed by atoms with Crippen LogP contribution in [0.25, 0.3) is 0 Å². The molecule has 0 spiro atoms. The van der Waals surface area contributed by atoms with Gasteiger partial charge in [-0.3, -0.25) is 0 Å². The van der Waals surface area contributed by atoms with Gasteiger partial charge in [0.05, 0.1) is 22.4 Å². The lowest BCUT2D eigenvalue weighted by Gasteiger charge is -2.52. The van der Waals surface area contributed by atoms with E-state index in [9.17, 15) is 0 Å². The van der Waals surface area contributed by atoms with E-state index in [4.69, 9.17) is 18.9 Å². The van der Waals surface area contributed by atoms with Crippen molar-refractivity contribution in [3.8, 4) is 0 Å². The highest BCUT2D eigenvalue weighted by atomic mass is 32.1. The Bertz CT molecular complexity index is 418. The molecule has 0 amide bonds. The molecule has 0 aromatic rings. The van der Waals surface area contributed by atoms with Crippen LogP contribution in [0, 0.1) is 0 Å². The summed E-state index contributed by atoms with van der Waals surface area (Å²) in [4.78, 5) is -0.557. The molecule has 0 aromatic heterocycles. The standard InChI is InChI=1S/C19H40O4S/c1-14(2,16(5,6)22-18(9,10)20-13)21-15(3,4)17(7,8)23-19(11,12)24/h24H,1-13H3. The van der Waals surface area contributed by atoms with Gasteiger partial charge in [-0.25, -0.2) is 0 Å². The first-order valence-corrected chi connectivity index (χ1v) is 9.01. The Labute approximate surface area is 155 Å². The summed E-state index contributed by atoms with van der Waals surface area (Å²) in [5.41, 5.74) is -2.30. The molecular formula is C19H40O4S. The van der Waals surface area contributed by atoms with Crippen LogP contribution in [0.15, 0.2) is 0 Å². The van der Waals surface area contributed by atoms with E-state index >= 15 is 0 Å². The van der Waals surface area contributed by atoms with Crippen LogP contribution >= 0.6 is 12.6 Å². The molecule has 0 atom stereocenters. The van der Waals surface area contributed by atoms with Gasteiger partial charge in [-0.2, -0.15) is 0 Å². The molecule has 146 valence electrons. The summed E-state index contributed by atoms with van der Waals surface area (Å²) in [5, 5.41) is 0. The molecule has 0 unspecified atom stereocenters. The first-order valence-electron chi connectivity index (χ1n) is 8.56. The molecule has 0 heterocycles. The Morgan fingerprint density at radius 2 is 0.792 bits per heavy atom. The first-order chi connectivity index (χ1) is 10.2. The Hall–Kier alpha value is 0.190. The highest BCUT2D eigenvalue weighted by molar-refractivity contribution is 7.81. The van der Waals surface area contributed by atoms with Gasteiger partial charge < -0.3 is 18.9 Å². The van der Waals surface area contributed by atoms with Gasteiger partial charge in [-0.1, -0.05) is 0 Å². The highest BCUT2D eigenvalue weighted by Crippen LogP contribution is 2.41. The highest BCUT2D eigenvalue weighted by Gasteiger charge is 2.51. The number of thiol groups is 1. The summed E-state index contributed by atoms with van der Waals surface area (Å²) in [5.74, 6) is -0.701. The van der Waals surface area contributed by atoms with Crippen molar-refractivity contribution in [1.82, 2.24) is 0 Å². The van der Waals surface area contributed by atoms with Crippen molar-refractivity contribution in [2.45, 2.75) is 116 Å². The summed E-state index contributed by atoms with van der Waals surface area (Å²) in [6.45, 7) is 23.8. The third kappa shape index (κ3) is 6.49. The molecule has 0 fully saturated rings. The van der Waals surface area contributed by atoms with Crippen molar-refractivity contribution in [1.29, 1.82) is 0 Å². The molecule has 0 aliphatic carbocycles. The zero-order valence-corrected chi connectivity index (χ0v) is 19.0. The summed E-state index contributed by atoms with van der Waals surface area (Å²) in [7, 11) is 1.64. The van der Waals surface area contributed by atoms with Crippen LogP contribution in [0.5, 0.6) is 0 Å². The third-order valence-electron chi connectivity index (χ3n) is 4.91. The van der Waals surface area contributed by atoms with Crippen molar-refractivity contribution in [2.24, 2.45) is 0 Å². The lowest BCUT2D eigenvalue weighted by Crippen LogP contribution is -2.61. The van der Waals surface area contributed by atoms with Crippen LogP contribution in [0.2, 0.25) is 0 Å². The second-order valence-corrected chi connectivity index (χ2v) is 10.5. The van der Waals surface area contributed by atoms with E-state index in [0.717, 1.165) is 0 Å². The molecule has 0 radical (unpaired) electrons. The van der Waals surface area contributed by atoms with E-state index in [0.29, 0.717) is 0 Å². The molecule has 0 aromatic carbocycles. The Kier molecular flexibility index (Phi) is 7.13. The summed E-state index contributed by atoms with van der Waals surface area (Å²) < 4.78 is 24.3. The fraction of sp³-hybridized carbons (Fsp3) is 1.00. The SMILES string of the molecule is COC(C)(C)OC(C)(C)C(C)(C)OC(C)(C)C(C)(C)OC(C)(C)S. The van der Waals surface area contributed by atoms with E-state index in [1.807, 2.05) is 83.1 Å². The maximum atomic E-state index is 6.55. The van der Waals surface area contributed by atoms with Crippen LogP contribution in [-0.2, 0) is 18.9 Å². The molecule has 0 saturated heterocycles.